The molecule has 1 heterocycles. The van der Waals surface area contributed by atoms with E-state index in [4.69, 9.17) is 5.73 Å². The Labute approximate surface area is 112 Å². The first-order valence-corrected chi connectivity index (χ1v) is 6.40. The van der Waals surface area contributed by atoms with E-state index in [0.29, 0.717) is 24.2 Å². The van der Waals surface area contributed by atoms with Crippen molar-refractivity contribution in [3.8, 4) is 0 Å². The number of carbonyl (C=O) groups is 2. The van der Waals surface area contributed by atoms with Gasteiger partial charge < -0.3 is 15.7 Å². The van der Waals surface area contributed by atoms with E-state index in [0.717, 1.165) is 18.4 Å². The van der Waals surface area contributed by atoms with Crippen molar-refractivity contribution in [2.45, 2.75) is 32.2 Å². The van der Waals surface area contributed by atoms with Crippen molar-refractivity contribution in [1.29, 1.82) is 0 Å². The summed E-state index contributed by atoms with van der Waals surface area (Å²) in [5.41, 5.74) is 7.55. The van der Waals surface area contributed by atoms with E-state index >= 15 is 0 Å². The normalized spacial score (nSPS) is 19.2. The first kappa shape index (κ1) is 13.4. The van der Waals surface area contributed by atoms with Crippen molar-refractivity contribution in [2.24, 2.45) is 0 Å². The van der Waals surface area contributed by atoms with Crippen LogP contribution in [0, 0.1) is 6.92 Å². The molecule has 0 radical (unpaired) electrons. The number of hydrogen-bond donors (Lipinski definition) is 2. The van der Waals surface area contributed by atoms with Gasteiger partial charge in [0.15, 0.2) is 0 Å². The van der Waals surface area contributed by atoms with E-state index in [2.05, 4.69) is 0 Å². The fourth-order valence-corrected chi connectivity index (χ4v) is 2.44. The van der Waals surface area contributed by atoms with Gasteiger partial charge in [0, 0.05) is 12.2 Å². The Bertz CT molecular complexity index is 513. The molecule has 0 bridgehead atoms. The second kappa shape index (κ2) is 5.30. The Balaban J connectivity index is 2.31. The van der Waals surface area contributed by atoms with Crippen molar-refractivity contribution in [3.63, 3.8) is 0 Å². The Kier molecular flexibility index (Phi) is 3.74. The number of nitrogens with two attached hydrogens (primary N) is 1. The number of benzene rings is 1. The van der Waals surface area contributed by atoms with Crippen LogP contribution in [-0.2, 0) is 4.79 Å². The number of hydrogen-bond acceptors (Lipinski definition) is 3. The molecule has 0 saturated carbocycles. The summed E-state index contributed by atoms with van der Waals surface area (Å²) >= 11 is 0. The monoisotopic (exact) mass is 262 g/mol. The number of likely N-dealkylation sites (tertiary alicyclic amines) is 1. The maximum Gasteiger partial charge on any atom is 0.326 e. The molecule has 0 spiro atoms. The summed E-state index contributed by atoms with van der Waals surface area (Å²) in [5, 5.41) is 9.20. The molecular formula is C14H18N2O3. The number of amides is 1. The second-order valence-electron chi connectivity index (χ2n) is 4.94. The molecule has 0 aliphatic carbocycles. The number of piperidine rings is 1. The zero-order valence-electron chi connectivity index (χ0n) is 10.9. The topological polar surface area (TPSA) is 83.6 Å². The first-order valence-electron chi connectivity index (χ1n) is 6.40. The van der Waals surface area contributed by atoms with Gasteiger partial charge in [0.05, 0.1) is 5.56 Å². The lowest BCUT2D eigenvalue weighted by atomic mass is 10.00. The summed E-state index contributed by atoms with van der Waals surface area (Å²) in [7, 11) is 0. The molecule has 1 aliphatic heterocycles. The Hall–Kier alpha value is -2.04. The van der Waals surface area contributed by atoms with E-state index < -0.39 is 12.0 Å². The molecule has 1 atom stereocenters. The van der Waals surface area contributed by atoms with E-state index in [1.54, 1.807) is 12.1 Å². The average Bonchev–Trinajstić information content (AvgIpc) is 2.40. The molecule has 1 aliphatic rings. The van der Waals surface area contributed by atoms with Gasteiger partial charge in [-0.25, -0.2) is 4.79 Å². The third-order valence-corrected chi connectivity index (χ3v) is 3.49. The highest BCUT2D eigenvalue weighted by Gasteiger charge is 2.33. The average molecular weight is 262 g/mol. The van der Waals surface area contributed by atoms with Crippen LogP contribution in [0.15, 0.2) is 18.2 Å². The molecule has 1 aromatic carbocycles. The van der Waals surface area contributed by atoms with E-state index in [9.17, 15) is 14.7 Å². The Morgan fingerprint density at radius 2 is 2.11 bits per heavy atom. The van der Waals surface area contributed by atoms with Crippen LogP contribution in [0.4, 0.5) is 5.69 Å². The summed E-state index contributed by atoms with van der Waals surface area (Å²) in [6, 6.07) is 4.49. The van der Waals surface area contributed by atoms with Gasteiger partial charge in [-0.3, -0.25) is 4.79 Å². The number of carbonyl (C=O) groups excluding carboxylic acids is 1. The summed E-state index contributed by atoms with van der Waals surface area (Å²) < 4.78 is 0. The molecule has 1 aromatic rings. The Morgan fingerprint density at radius 1 is 1.37 bits per heavy atom. The molecule has 2 rings (SSSR count). The minimum absolute atomic E-state index is 0.284. The zero-order valence-corrected chi connectivity index (χ0v) is 10.9. The van der Waals surface area contributed by atoms with Crippen LogP contribution in [0.3, 0.4) is 0 Å². The highest BCUT2D eigenvalue weighted by Crippen LogP contribution is 2.23. The molecule has 3 N–H and O–H groups in total. The standard InChI is InChI=1S/C14H18N2O3/c1-9-5-6-11(15)10(8-9)13(17)16-7-3-2-4-12(16)14(18)19/h5-6,8,12H,2-4,7,15H2,1H3,(H,18,19). The third-order valence-electron chi connectivity index (χ3n) is 3.49. The molecule has 5 nitrogen and oxygen atoms in total. The molecule has 5 heteroatoms. The van der Waals surface area contributed by atoms with Gasteiger partial charge in [-0.2, -0.15) is 0 Å². The fourth-order valence-electron chi connectivity index (χ4n) is 2.44. The maximum atomic E-state index is 12.5. The van der Waals surface area contributed by atoms with Crippen molar-refractivity contribution in [2.75, 3.05) is 12.3 Å². The van der Waals surface area contributed by atoms with Gasteiger partial charge in [-0.15, -0.1) is 0 Å². The van der Waals surface area contributed by atoms with E-state index in [1.807, 2.05) is 13.0 Å². The predicted molar refractivity (Wildman–Crippen MR) is 71.9 cm³/mol. The zero-order chi connectivity index (χ0) is 14.0. The third kappa shape index (κ3) is 2.70. The minimum atomic E-state index is -0.945. The summed E-state index contributed by atoms with van der Waals surface area (Å²) in [6.07, 6.45) is 2.18. The maximum absolute atomic E-state index is 12.5. The molecular weight excluding hydrogens is 244 g/mol. The van der Waals surface area contributed by atoms with Gasteiger partial charge in [0.1, 0.15) is 6.04 Å². The van der Waals surface area contributed by atoms with Gasteiger partial charge in [0.25, 0.3) is 5.91 Å². The number of aryl methyl sites for hydroxylation is 1. The van der Waals surface area contributed by atoms with Crippen LogP contribution < -0.4 is 5.73 Å². The van der Waals surface area contributed by atoms with Crippen molar-refractivity contribution in [3.05, 3.63) is 29.3 Å². The molecule has 1 fully saturated rings. The number of anilines is 1. The molecule has 0 aromatic heterocycles. The molecule has 1 saturated heterocycles. The van der Waals surface area contributed by atoms with E-state index in [1.165, 1.54) is 4.90 Å². The van der Waals surface area contributed by atoms with E-state index in [-0.39, 0.29) is 5.91 Å². The van der Waals surface area contributed by atoms with Gasteiger partial charge in [-0.1, -0.05) is 11.6 Å². The SMILES string of the molecule is Cc1ccc(N)c(C(=O)N2CCCCC2C(=O)O)c1. The molecule has 19 heavy (non-hydrogen) atoms. The molecule has 1 amide bonds. The smallest absolute Gasteiger partial charge is 0.326 e. The number of aliphatic carboxylic acids is 1. The lowest BCUT2D eigenvalue weighted by molar-refractivity contribution is -0.143. The number of nitrogens with zero attached hydrogens (tertiary/aromatic N) is 1. The lowest BCUT2D eigenvalue weighted by Crippen LogP contribution is -2.48. The van der Waals surface area contributed by atoms with Gasteiger partial charge in [-0.05, 0) is 38.3 Å². The number of nitrogen functional groups attached to an aromatic ring is 1. The number of carboxylic acid groups (broad SMARTS) is 1. The van der Waals surface area contributed by atoms with Gasteiger partial charge >= 0.3 is 5.97 Å². The van der Waals surface area contributed by atoms with Crippen LogP contribution in [-0.4, -0.2) is 34.5 Å². The molecule has 102 valence electrons. The second-order valence-corrected chi connectivity index (χ2v) is 4.94. The molecule has 1 unspecified atom stereocenters. The number of carboxylic acids is 1. The van der Waals surface area contributed by atoms with Crippen molar-refractivity contribution >= 4 is 17.6 Å². The largest absolute Gasteiger partial charge is 0.480 e. The van der Waals surface area contributed by atoms with Gasteiger partial charge in [0.2, 0.25) is 0 Å². The summed E-state index contributed by atoms with van der Waals surface area (Å²) in [4.78, 5) is 25.1. The Morgan fingerprint density at radius 3 is 2.79 bits per heavy atom. The van der Waals surface area contributed by atoms with Crippen LogP contribution in [0.25, 0.3) is 0 Å². The first-order chi connectivity index (χ1) is 9.00. The van der Waals surface area contributed by atoms with Crippen molar-refractivity contribution < 1.29 is 14.7 Å². The highest BCUT2D eigenvalue weighted by molar-refractivity contribution is 6.01. The fraction of sp³-hybridized carbons (Fsp3) is 0.429. The lowest BCUT2D eigenvalue weighted by Gasteiger charge is -2.33. The van der Waals surface area contributed by atoms with Crippen molar-refractivity contribution in [1.82, 2.24) is 4.90 Å². The predicted octanol–water partition coefficient (Wildman–Crippen LogP) is 1.66. The quantitative estimate of drug-likeness (QED) is 0.794. The summed E-state index contributed by atoms with van der Waals surface area (Å²) in [6.45, 7) is 2.35. The number of rotatable bonds is 2. The van der Waals surface area contributed by atoms with Crippen LogP contribution in [0.5, 0.6) is 0 Å². The summed E-state index contributed by atoms with van der Waals surface area (Å²) in [5.74, 6) is -1.23. The van der Waals surface area contributed by atoms with Crippen LogP contribution in [0.2, 0.25) is 0 Å². The minimum Gasteiger partial charge on any atom is -0.480 e. The van der Waals surface area contributed by atoms with Crippen LogP contribution in [0.1, 0.15) is 35.2 Å². The highest BCUT2D eigenvalue weighted by atomic mass is 16.4. The van der Waals surface area contributed by atoms with Crippen LogP contribution >= 0.6 is 0 Å².